The Morgan fingerprint density at radius 1 is 0.636 bits per heavy atom. The van der Waals surface area contributed by atoms with Gasteiger partial charge in [0, 0.05) is 0 Å². The smallest absolute Gasteiger partial charge is 2.00 e. The summed E-state index contributed by atoms with van der Waals surface area (Å²) in [6.45, 7) is 0. The number of hydrogen-bond donors (Lipinski definition) is 2. The van der Waals surface area contributed by atoms with Crippen LogP contribution in [0.4, 0.5) is 26.3 Å². The van der Waals surface area contributed by atoms with Crippen LogP contribution >= 0.6 is 0 Å². The second-order valence-electron chi connectivity index (χ2n) is 1.84. The van der Waals surface area contributed by atoms with Crippen molar-refractivity contribution in [1.82, 2.24) is 0 Å². The molecule has 0 saturated heterocycles. The monoisotopic (exact) mass is 492 g/mol. The van der Waals surface area contributed by atoms with Crippen LogP contribution in [-0.2, 0) is 61.5 Å². The van der Waals surface area contributed by atoms with Crippen LogP contribution < -0.4 is 0 Å². The summed E-state index contributed by atoms with van der Waals surface area (Å²) in [5.74, 6) is 0. The van der Waals surface area contributed by atoms with E-state index in [-0.39, 0.29) is 60.0 Å². The van der Waals surface area contributed by atoms with Crippen LogP contribution in [0.1, 0.15) is 22.3 Å². The second kappa shape index (κ2) is 15.0. The number of rotatable bonds is 0. The van der Waals surface area contributed by atoms with Crippen molar-refractivity contribution in [2.75, 3.05) is 0 Å². The van der Waals surface area contributed by atoms with Gasteiger partial charge in [0.2, 0.25) is 0 Å². The first-order valence-corrected chi connectivity index (χ1v) is 6.95. The van der Waals surface area contributed by atoms with Crippen LogP contribution in [0.2, 0.25) is 0 Å². The van der Waals surface area contributed by atoms with Crippen molar-refractivity contribution in [3.05, 3.63) is 0 Å². The predicted octanol–water partition coefficient (Wildman–Crippen LogP) is 2.57. The predicted molar refractivity (Wildman–Crippen MR) is 56.1 cm³/mol. The molecule has 0 aliphatic heterocycles. The minimum absolute atomic E-state index is 0. The average Bonchev–Trinajstić information content (AvgIpc) is 2.01. The van der Waals surface area contributed by atoms with Gasteiger partial charge >= 0.3 is 72.6 Å². The molecule has 0 saturated carbocycles. The first kappa shape index (κ1) is 43.3. The van der Waals surface area contributed by atoms with Gasteiger partial charge < -0.3 is 0 Å². The standard InChI is InChI=1S/2CHF3O3S.3CH4.O.2Zn/c2*2-1(3,4)8(5,6)7;;;;;;/h2*(H,5,6,7);3*1H4;;;/q;;;;;;;+2. The molecular weight excluding hydrogens is 481 g/mol. The van der Waals surface area contributed by atoms with Gasteiger partial charge in [0.1, 0.15) is 0 Å². The summed E-state index contributed by atoms with van der Waals surface area (Å²) in [5, 5.41) is 0. The van der Waals surface area contributed by atoms with Gasteiger partial charge in [-0.1, -0.05) is 22.3 Å². The maximum Gasteiger partial charge on any atom is 2.00 e. The van der Waals surface area contributed by atoms with Crippen LogP contribution in [0.5, 0.6) is 0 Å². The van der Waals surface area contributed by atoms with Crippen molar-refractivity contribution in [1.29, 1.82) is 0 Å². The van der Waals surface area contributed by atoms with Crippen LogP contribution in [0, 0.1) is 0 Å². The summed E-state index contributed by atoms with van der Waals surface area (Å²) in [7, 11) is -11.7. The quantitative estimate of drug-likeness (QED) is 0.229. The second-order valence-corrected chi connectivity index (χ2v) is 4.67. The zero-order valence-corrected chi connectivity index (χ0v) is 16.0. The van der Waals surface area contributed by atoms with Crippen LogP contribution in [0.25, 0.3) is 0 Å². The van der Waals surface area contributed by atoms with Crippen molar-refractivity contribution >= 4 is 20.2 Å². The maximum atomic E-state index is 10.7. The van der Waals surface area contributed by atoms with Crippen molar-refractivity contribution in [2.45, 2.75) is 33.3 Å². The molecule has 0 aromatic heterocycles. The van der Waals surface area contributed by atoms with Gasteiger partial charge in [-0.2, -0.15) is 43.2 Å². The van der Waals surface area contributed by atoms with Crippen molar-refractivity contribution in [3.63, 3.8) is 0 Å². The molecule has 0 heterocycles. The summed E-state index contributed by atoms with van der Waals surface area (Å²) in [4.78, 5) is 0. The van der Waals surface area contributed by atoms with Crippen LogP contribution in [0.3, 0.4) is 0 Å². The van der Waals surface area contributed by atoms with E-state index in [0.29, 0.717) is 0 Å². The zero-order valence-electron chi connectivity index (χ0n) is 8.43. The fourth-order valence-corrected chi connectivity index (χ4v) is 0. The van der Waals surface area contributed by atoms with Crippen LogP contribution in [0.15, 0.2) is 0 Å². The molecule has 0 unspecified atom stereocenters. The normalized spacial score (nSPS) is 10.5. The zero-order chi connectivity index (χ0) is 16.0. The molecule has 0 atom stereocenters. The van der Waals surface area contributed by atoms with E-state index in [1.807, 2.05) is 0 Å². The first-order valence-electron chi connectivity index (χ1n) is 2.86. The summed E-state index contributed by atoms with van der Waals surface area (Å²) >= 11 is 0.125. The van der Waals surface area contributed by atoms with Crippen molar-refractivity contribution in [2.24, 2.45) is 0 Å². The summed E-state index contributed by atoms with van der Waals surface area (Å²) in [5.41, 5.74) is -11.1. The molecule has 0 rings (SSSR count). The largest absolute Gasteiger partial charge is 2.00 e. The Labute approximate surface area is 147 Å². The summed E-state index contributed by atoms with van der Waals surface area (Å²) in [6.07, 6.45) is 0. The van der Waals surface area contributed by atoms with E-state index >= 15 is 0 Å². The molecule has 2 N–H and O–H groups in total. The molecule has 0 amide bonds. The molecule has 7 nitrogen and oxygen atoms in total. The van der Waals surface area contributed by atoms with Gasteiger partial charge in [-0.25, -0.2) is 0 Å². The molecule has 0 aromatic carbocycles. The van der Waals surface area contributed by atoms with E-state index in [1.54, 1.807) is 0 Å². The molecule has 132 valence electrons. The Balaban J connectivity index is -0.0000000315. The Kier molecular flexibility index (Phi) is 29.5. The Morgan fingerprint density at radius 2 is 0.682 bits per heavy atom. The maximum absolute atomic E-state index is 10.7. The molecule has 0 bridgehead atoms. The summed E-state index contributed by atoms with van der Waals surface area (Å²) in [6, 6.07) is 0. The third-order valence-corrected chi connectivity index (χ3v) is 1.75. The van der Waals surface area contributed by atoms with E-state index < -0.39 is 31.3 Å². The Bertz CT molecular complexity index is 401. The van der Waals surface area contributed by atoms with E-state index in [4.69, 9.17) is 29.5 Å². The molecule has 17 heteroatoms. The van der Waals surface area contributed by atoms with E-state index in [9.17, 15) is 26.3 Å². The number of alkyl halides is 6. The van der Waals surface area contributed by atoms with Gasteiger partial charge in [-0.15, -0.1) is 0 Å². The molecule has 0 radical (unpaired) electrons. The summed E-state index contributed by atoms with van der Waals surface area (Å²) < 4.78 is 123. The molecular formula is C5H14F6O7S2Zn2+2. The molecule has 22 heavy (non-hydrogen) atoms. The fraction of sp³-hybridized carbons (Fsp3) is 1.00. The van der Waals surface area contributed by atoms with Gasteiger partial charge in [0.15, 0.2) is 0 Å². The van der Waals surface area contributed by atoms with Crippen molar-refractivity contribution < 1.29 is 93.6 Å². The fourth-order valence-electron chi connectivity index (χ4n) is 0. The molecule has 0 aliphatic rings. The third kappa shape index (κ3) is 22.7. The minimum atomic E-state index is -5.84. The number of hydrogen-bond acceptors (Lipinski definition) is 5. The van der Waals surface area contributed by atoms with Crippen molar-refractivity contribution in [3.8, 4) is 0 Å². The molecule has 0 aliphatic carbocycles. The molecule has 0 spiro atoms. The van der Waals surface area contributed by atoms with Gasteiger partial charge in [-0.05, 0) is 0 Å². The molecule has 0 fully saturated rings. The Hall–Kier alpha value is 0.447. The van der Waals surface area contributed by atoms with Gasteiger partial charge in [-0.3, -0.25) is 9.11 Å². The van der Waals surface area contributed by atoms with E-state index in [1.165, 1.54) is 0 Å². The van der Waals surface area contributed by atoms with Gasteiger partial charge in [0.05, 0.1) is 0 Å². The Morgan fingerprint density at radius 3 is 0.682 bits per heavy atom. The first-order chi connectivity index (χ1) is 7.50. The SMILES string of the molecule is C.C.C.O=S(=O)(O)C(F)(F)F.O=S(=O)(O)C(F)(F)F.[O]=[Zn].[Zn+2]. The average molecular weight is 495 g/mol. The number of halogens is 6. The third-order valence-electron chi connectivity index (χ3n) is 0.585. The van der Waals surface area contributed by atoms with E-state index in [0.717, 1.165) is 0 Å². The van der Waals surface area contributed by atoms with Gasteiger partial charge in [0.25, 0.3) is 0 Å². The minimum Gasteiger partial charge on any atom is 2.00 e. The van der Waals surface area contributed by atoms with Crippen LogP contribution in [-0.4, -0.2) is 37.0 Å². The topological polar surface area (TPSA) is 126 Å². The van der Waals surface area contributed by atoms with E-state index in [2.05, 4.69) is 0 Å². The molecule has 0 aromatic rings.